The van der Waals surface area contributed by atoms with E-state index in [1.165, 1.54) is 12.3 Å². The summed E-state index contributed by atoms with van der Waals surface area (Å²) in [5, 5.41) is 6.20. The molecule has 0 radical (unpaired) electrons. The zero-order valence-electron chi connectivity index (χ0n) is 13.1. The minimum atomic E-state index is -0.614. The van der Waals surface area contributed by atoms with Crippen LogP contribution in [-0.2, 0) is 4.79 Å². The summed E-state index contributed by atoms with van der Waals surface area (Å²) in [7, 11) is 1.71. The second-order valence-electron chi connectivity index (χ2n) is 6.05. The molecule has 7 heteroatoms. The lowest BCUT2D eigenvalue weighted by Gasteiger charge is -2.24. The van der Waals surface area contributed by atoms with Crippen molar-refractivity contribution in [3.05, 3.63) is 36.2 Å². The van der Waals surface area contributed by atoms with Crippen LogP contribution in [0.1, 0.15) is 24.4 Å². The number of nitrogens with zero attached hydrogens (tertiary/aromatic N) is 2. The number of hydrogen-bond donors (Lipinski definition) is 1. The second kappa shape index (κ2) is 5.42. The topological polar surface area (TPSA) is 84.7 Å². The van der Waals surface area contributed by atoms with Gasteiger partial charge in [-0.3, -0.25) is 9.59 Å². The van der Waals surface area contributed by atoms with E-state index >= 15 is 0 Å². The van der Waals surface area contributed by atoms with Gasteiger partial charge in [0.1, 0.15) is 12.4 Å². The molecule has 0 spiro atoms. The molecular formula is C16H17N3O4. The van der Waals surface area contributed by atoms with Crippen molar-refractivity contribution in [3.63, 3.8) is 0 Å². The molecule has 1 aromatic heterocycles. The average Bonchev–Trinajstić information content (AvgIpc) is 3.03. The van der Waals surface area contributed by atoms with Gasteiger partial charge >= 0.3 is 0 Å². The molecule has 23 heavy (non-hydrogen) atoms. The smallest absolute Gasteiger partial charge is 0.294 e. The summed E-state index contributed by atoms with van der Waals surface area (Å²) in [5.41, 5.74) is 0.598. The normalized spacial score (nSPS) is 16.3. The molecule has 0 saturated heterocycles. The predicted molar refractivity (Wildman–Crippen MR) is 83.6 cm³/mol. The van der Waals surface area contributed by atoms with E-state index in [2.05, 4.69) is 10.5 Å². The zero-order chi connectivity index (χ0) is 16.6. The van der Waals surface area contributed by atoms with E-state index in [1.807, 2.05) is 13.8 Å². The summed E-state index contributed by atoms with van der Waals surface area (Å²) >= 11 is 0. The minimum absolute atomic E-state index is 0.0188. The molecular weight excluding hydrogens is 298 g/mol. The summed E-state index contributed by atoms with van der Waals surface area (Å²) in [6.07, 6.45) is 1.40. The van der Waals surface area contributed by atoms with Gasteiger partial charge in [-0.2, -0.15) is 0 Å². The maximum Gasteiger partial charge on any atom is 0.294 e. The Morgan fingerprint density at radius 2 is 2.13 bits per heavy atom. The maximum absolute atomic E-state index is 12.4. The second-order valence-corrected chi connectivity index (χ2v) is 6.05. The fourth-order valence-corrected chi connectivity index (χ4v) is 2.39. The van der Waals surface area contributed by atoms with Crippen molar-refractivity contribution in [2.24, 2.45) is 5.41 Å². The van der Waals surface area contributed by atoms with Crippen LogP contribution in [0.3, 0.4) is 0 Å². The number of carbonyl (C=O) groups is 2. The van der Waals surface area contributed by atoms with Gasteiger partial charge in [0.15, 0.2) is 0 Å². The first-order chi connectivity index (χ1) is 10.9. The van der Waals surface area contributed by atoms with Crippen molar-refractivity contribution in [1.82, 2.24) is 5.16 Å². The maximum atomic E-state index is 12.4. The monoisotopic (exact) mass is 315 g/mol. The van der Waals surface area contributed by atoms with Gasteiger partial charge in [0.05, 0.1) is 17.3 Å². The first kappa shape index (κ1) is 15.1. The Morgan fingerprint density at radius 1 is 1.35 bits per heavy atom. The number of hydrogen-bond acceptors (Lipinski definition) is 5. The molecule has 0 atom stereocenters. The van der Waals surface area contributed by atoms with Crippen molar-refractivity contribution in [3.8, 4) is 5.75 Å². The SMILES string of the molecule is CN1C(=O)C(C)(C)COc2cc(NC(=O)c3ccno3)ccc21. The van der Waals surface area contributed by atoms with Crippen molar-refractivity contribution >= 4 is 23.2 Å². The lowest BCUT2D eigenvalue weighted by Crippen LogP contribution is -2.39. The highest BCUT2D eigenvalue weighted by Gasteiger charge is 2.36. The molecule has 0 aliphatic carbocycles. The van der Waals surface area contributed by atoms with E-state index in [0.29, 0.717) is 17.1 Å². The number of amides is 2. The number of anilines is 2. The highest BCUT2D eigenvalue weighted by atomic mass is 16.5. The molecule has 7 nitrogen and oxygen atoms in total. The number of aromatic nitrogens is 1. The van der Waals surface area contributed by atoms with E-state index in [4.69, 9.17) is 9.26 Å². The molecule has 0 fully saturated rings. The molecule has 2 aromatic rings. The molecule has 1 aliphatic rings. The van der Waals surface area contributed by atoms with Crippen LogP contribution in [0, 0.1) is 5.41 Å². The van der Waals surface area contributed by atoms with E-state index in [9.17, 15) is 9.59 Å². The van der Waals surface area contributed by atoms with E-state index in [0.717, 1.165) is 0 Å². The van der Waals surface area contributed by atoms with Crippen molar-refractivity contribution < 1.29 is 18.8 Å². The van der Waals surface area contributed by atoms with Gasteiger partial charge in [0, 0.05) is 24.9 Å². The third-order valence-corrected chi connectivity index (χ3v) is 3.71. The molecule has 0 bridgehead atoms. The Balaban J connectivity index is 1.87. The number of fused-ring (bicyclic) bond motifs is 1. The number of nitrogens with one attached hydrogen (secondary N) is 1. The van der Waals surface area contributed by atoms with Gasteiger partial charge in [-0.15, -0.1) is 0 Å². The van der Waals surface area contributed by atoms with Crippen molar-refractivity contribution in [2.75, 3.05) is 23.9 Å². The van der Waals surface area contributed by atoms with Crippen LogP contribution in [0.25, 0.3) is 0 Å². The average molecular weight is 315 g/mol. The summed E-state index contributed by atoms with van der Waals surface area (Å²) in [4.78, 5) is 26.0. The van der Waals surface area contributed by atoms with Crippen LogP contribution >= 0.6 is 0 Å². The van der Waals surface area contributed by atoms with Gasteiger partial charge in [-0.05, 0) is 26.0 Å². The first-order valence-electron chi connectivity index (χ1n) is 7.15. The molecule has 3 rings (SSSR count). The minimum Gasteiger partial charge on any atom is -0.490 e. The number of carbonyl (C=O) groups excluding carboxylic acids is 2. The summed E-state index contributed by atoms with van der Waals surface area (Å²) in [6, 6.07) is 6.61. The third-order valence-electron chi connectivity index (χ3n) is 3.71. The number of benzene rings is 1. The lowest BCUT2D eigenvalue weighted by atomic mass is 9.93. The third kappa shape index (κ3) is 2.77. The van der Waals surface area contributed by atoms with E-state index in [-0.39, 0.29) is 18.3 Å². The van der Waals surface area contributed by atoms with Crippen molar-refractivity contribution in [2.45, 2.75) is 13.8 Å². The molecule has 2 amide bonds. The fraction of sp³-hybridized carbons (Fsp3) is 0.312. The Labute approximate surface area is 133 Å². The molecule has 120 valence electrons. The van der Waals surface area contributed by atoms with Gasteiger partial charge in [-0.1, -0.05) is 5.16 Å². The predicted octanol–water partition coefficient (Wildman–Crippen LogP) is 2.31. The van der Waals surface area contributed by atoms with Crippen LogP contribution in [0.4, 0.5) is 11.4 Å². The van der Waals surface area contributed by atoms with Gasteiger partial charge in [-0.25, -0.2) is 0 Å². The van der Waals surface area contributed by atoms with Gasteiger partial charge in [0.25, 0.3) is 5.91 Å². The Bertz CT molecular complexity index is 753. The van der Waals surface area contributed by atoms with Gasteiger partial charge in [0.2, 0.25) is 11.7 Å². The quantitative estimate of drug-likeness (QED) is 0.919. The Morgan fingerprint density at radius 3 is 2.83 bits per heavy atom. The Hall–Kier alpha value is -2.83. The van der Waals surface area contributed by atoms with Crippen LogP contribution in [0.2, 0.25) is 0 Å². The molecule has 0 unspecified atom stereocenters. The van der Waals surface area contributed by atoms with Crippen LogP contribution < -0.4 is 15.0 Å². The Kier molecular flexibility index (Phi) is 3.55. The molecule has 1 aliphatic heterocycles. The standard InChI is InChI=1S/C16H17N3O4/c1-16(2)9-22-13-8-10(4-5-11(13)19(3)15(16)21)18-14(20)12-6-7-17-23-12/h4-8H,9H2,1-3H3,(H,18,20). The molecule has 1 aromatic carbocycles. The fourth-order valence-electron chi connectivity index (χ4n) is 2.39. The molecule has 1 N–H and O–H groups in total. The van der Waals surface area contributed by atoms with E-state index in [1.54, 1.807) is 30.1 Å². The number of ether oxygens (including phenoxy) is 1. The summed E-state index contributed by atoms with van der Waals surface area (Å²) in [6.45, 7) is 3.94. The highest BCUT2D eigenvalue weighted by molar-refractivity contribution is 6.03. The summed E-state index contributed by atoms with van der Waals surface area (Å²) in [5.74, 6) is 0.242. The number of rotatable bonds is 2. The lowest BCUT2D eigenvalue weighted by molar-refractivity contribution is -0.127. The van der Waals surface area contributed by atoms with E-state index < -0.39 is 11.3 Å². The summed E-state index contributed by atoms with van der Waals surface area (Å²) < 4.78 is 10.6. The van der Waals surface area contributed by atoms with Crippen LogP contribution in [-0.4, -0.2) is 30.6 Å². The van der Waals surface area contributed by atoms with Crippen LogP contribution in [0.15, 0.2) is 35.0 Å². The largest absolute Gasteiger partial charge is 0.490 e. The molecule has 2 heterocycles. The van der Waals surface area contributed by atoms with Crippen LogP contribution in [0.5, 0.6) is 5.75 Å². The first-order valence-corrected chi connectivity index (χ1v) is 7.15. The zero-order valence-corrected chi connectivity index (χ0v) is 13.1. The molecule has 0 saturated carbocycles. The highest BCUT2D eigenvalue weighted by Crippen LogP contribution is 2.37. The van der Waals surface area contributed by atoms with Gasteiger partial charge < -0.3 is 19.5 Å². The van der Waals surface area contributed by atoms with Crippen molar-refractivity contribution in [1.29, 1.82) is 0 Å².